The Kier molecular flexibility index (Phi) is 6.61. The first kappa shape index (κ1) is 22.9. The highest BCUT2D eigenvalue weighted by Crippen LogP contribution is 2.35. The van der Waals surface area contributed by atoms with E-state index in [2.05, 4.69) is 11.4 Å². The lowest BCUT2D eigenvalue weighted by Crippen LogP contribution is -2.48. The standard InChI is InChI=1S/C27H27ClN2O3S/c1-18-6-10-20(11-7-18)33-17-24-22-13-15-34-25(22)12-14-29(24)26(31)16-30(19-8-9-19)27(32)21-4-2-3-5-23(21)28/h2-7,10-11,13,15,19,24H,8-9,12,14,16-17H2,1H3/t24-/m1/s1. The zero-order valence-corrected chi connectivity index (χ0v) is 20.6. The molecule has 2 amide bonds. The van der Waals surface area contributed by atoms with Crippen LogP contribution in [0.5, 0.6) is 5.75 Å². The minimum atomic E-state index is -0.180. The first-order valence-corrected chi connectivity index (χ1v) is 12.9. The minimum Gasteiger partial charge on any atom is -0.491 e. The van der Waals surface area contributed by atoms with Crippen LogP contribution in [-0.4, -0.2) is 47.4 Å². The highest BCUT2D eigenvalue weighted by Gasteiger charge is 2.38. The lowest BCUT2D eigenvalue weighted by Gasteiger charge is -2.37. The van der Waals surface area contributed by atoms with Crippen molar-refractivity contribution in [3.05, 3.63) is 86.6 Å². The Hall–Kier alpha value is -2.83. The van der Waals surface area contributed by atoms with Gasteiger partial charge in [-0.25, -0.2) is 0 Å². The summed E-state index contributed by atoms with van der Waals surface area (Å²) in [5.74, 6) is 0.553. The zero-order chi connectivity index (χ0) is 23.7. The molecule has 1 aliphatic heterocycles. The van der Waals surface area contributed by atoms with Gasteiger partial charge in [0.1, 0.15) is 18.9 Å². The molecule has 2 aliphatic rings. The molecule has 7 heteroatoms. The van der Waals surface area contributed by atoms with E-state index in [4.69, 9.17) is 16.3 Å². The van der Waals surface area contributed by atoms with Gasteiger partial charge in [0.05, 0.1) is 16.6 Å². The SMILES string of the molecule is Cc1ccc(OC[C@@H]2c3ccsc3CCN2C(=O)CN(C(=O)c2ccccc2Cl)C2CC2)cc1. The number of hydrogen-bond donors (Lipinski definition) is 0. The molecule has 0 saturated heterocycles. The maximum absolute atomic E-state index is 13.6. The van der Waals surface area contributed by atoms with Gasteiger partial charge in [-0.05, 0) is 67.5 Å². The highest BCUT2D eigenvalue weighted by atomic mass is 35.5. The summed E-state index contributed by atoms with van der Waals surface area (Å²) < 4.78 is 6.12. The summed E-state index contributed by atoms with van der Waals surface area (Å²) in [5.41, 5.74) is 2.76. The van der Waals surface area contributed by atoms with Crippen LogP contribution in [0.3, 0.4) is 0 Å². The molecule has 1 aliphatic carbocycles. The van der Waals surface area contributed by atoms with Crippen molar-refractivity contribution in [2.75, 3.05) is 19.7 Å². The third-order valence-electron chi connectivity index (χ3n) is 6.50. The normalized spacial score (nSPS) is 17.2. The van der Waals surface area contributed by atoms with E-state index in [1.54, 1.807) is 40.5 Å². The number of carbonyl (C=O) groups is 2. The van der Waals surface area contributed by atoms with E-state index in [-0.39, 0.29) is 30.4 Å². The Balaban J connectivity index is 1.34. The summed E-state index contributed by atoms with van der Waals surface area (Å²) >= 11 is 8.02. The quantitative estimate of drug-likeness (QED) is 0.434. The number of amides is 2. The van der Waals surface area contributed by atoms with E-state index in [1.807, 2.05) is 36.1 Å². The largest absolute Gasteiger partial charge is 0.491 e. The van der Waals surface area contributed by atoms with E-state index < -0.39 is 0 Å². The molecule has 0 spiro atoms. The summed E-state index contributed by atoms with van der Waals surface area (Å²) in [6.45, 7) is 3.08. The third kappa shape index (κ3) is 4.84. The third-order valence-corrected chi connectivity index (χ3v) is 7.83. The van der Waals surface area contributed by atoms with Crippen molar-refractivity contribution in [3.63, 3.8) is 0 Å². The van der Waals surface area contributed by atoms with Crippen LogP contribution in [0.4, 0.5) is 0 Å². The van der Waals surface area contributed by atoms with E-state index in [0.29, 0.717) is 23.7 Å². The smallest absolute Gasteiger partial charge is 0.256 e. The summed E-state index contributed by atoms with van der Waals surface area (Å²) in [5, 5.41) is 2.49. The number of ether oxygens (including phenoxy) is 1. The molecule has 1 saturated carbocycles. The molecular weight excluding hydrogens is 468 g/mol. The first-order valence-electron chi connectivity index (χ1n) is 11.6. The Morgan fingerprint density at radius 1 is 1.12 bits per heavy atom. The van der Waals surface area contributed by atoms with Crippen LogP contribution < -0.4 is 4.74 Å². The van der Waals surface area contributed by atoms with Crippen LogP contribution in [0.2, 0.25) is 5.02 Å². The van der Waals surface area contributed by atoms with Gasteiger partial charge in [-0.3, -0.25) is 9.59 Å². The number of halogens is 1. The fourth-order valence-corrected chi connectivity index (χ4v) is 5.61. The van der Waals surface area contributed by atoms with Gasteiger partial charge in [-0.15, -0.1) is 11.3 Å². The van der Waals surface area contributed by atoms with Crippen LogP contribution >= 0.6 is 22.9 Å². The lowest BCUT2D eigenvalue weighted by molar-refractivity contribution is -0.135. The van der Waals surface area contributed by atoms with Gasteiger partial charge < -0.3 is 14.5 Å². The Bertz CT molecular complexity index is 1190. The number of fused-ring (bicyclic) bond motifs is 1. The molecule has 34 heavy (non-hydrogen) atoms. The van der Waals surface area contributed by atoms with Crippen molar-refractivity contribution < 1.29 is 14.3 Å². The Morgan fingerprint density at radius 3 is 2.62 bits per heavy atom. The van der Waals surface area contributed by atoms with Crippen molar-refractivity contribution in [1.82, 2.24) is 9.80 Å². The van der Waals surface area contributed by atoms with E-state index in [0.717, 1.165) is 30.6 Å². The monoisotopic (exact) mass is 494 g/mol. The second kappa shape index (κ2) is 9.80. The van der Waals surface area contributed by atoms with Crippen molar-refractivity contribution in [3.8, 4) is 5.75 Å². The first-order chi connectivity index (χ1) is 16.5. The number of rotatable bonds is 7. The minimum absolute atomic E-state index is 0.0508. The van der Waals surface area contributed by atoms with Gasteiger partial charge in [0, 0.05) is 17.5 Å². The summed E-state index contributed by atoms with van der Waals surface area (Å²) in [4.78, 5) is 31.8. The second-order valence-corrected chi connectivity index (χ2v) is 10.3. The molecule has 0 N–H and O–H groups in total. The Labute approximate surface area is 208 Å². The molecule has 2 heterocycles. The molecule has 176 valence electrons. The van der Waals surface area contributed by atoms with Gasteiger partial charge in [0.25, 0.3) is 5.91 Å². The van der Waals surface area contributed by atoms with Gasteiger partial charge in [0.2, 0.25) is 5.91 Å². The average Bonchev–Trinajstić information content (AvgIpc) is 3.57. The van der Waals surface area contributed by atoms with Gasteiger partial charge in [-0.2, -0.15) is 0 Å². The maximum Gasteiger partial charge on any atom is 0.256 e. The molecule has 0 bridgehead atoms. The van der Waals surface area contributed by atoms with E-state index in [9.17, 15) is 9.59 Å². The van der Waals surface area contributed by atoms with Crippen LogP contribution in [0.1, 0.15) is 45.2 Å². The molecular formula is C27H27ClN2O3S. The van der Waals surface area contributed by atoms with Crippen molar-refractivity contribution >= 4 is 34.8 Å². The second-order valence-electron chi connectivity index (χ2n) is 8.92. The molecule has 3 aromatic rings. The predicted octanol–water partition coefficient (Wildman–Crippen LogP) is 5.52. The molecule has 2 aromatic carbocycles. The van der Waals surface area contributed by atoms with E-state index >= 15 is 0 Å². The van der Waals surface area contributed by atoms with Crippen LogP contribution in [0.15, 0.2) is 60.0 Å². The molecule has 5 rings (SSSR count). The number of nitrogens with zero attached hydrogens (tertiary/aromatic N) is 2. The Morgan fingerprint density at radius 2 is 1.88 bits per heavy atom. The number of benzene rings is 2. The van der Waals surface area contributed by atoms with E-state index in [1.165, 1.54) is 10.4 Å². The van der Waals surface area contributed by atoms with Gasteiger partial charge in [0.15, 0.2) is 0 Å². The van der Waals surface area contributed by atoms with Crippen molar-refractivity contribution in [2.24, 2.45) is 0 Å². The van der Waals surface area contributed by atoms with Crippen molar-refractivity contribution in [1.29, 1.82) is 0 Å². The zero-order valence-electron chi connectivity index (χ0n) is 19.1. The number of hydrogen-bond acceptors (Lipinski definition) is 4. The number of thiophene rings is 1. The van der Waals surface area contributed by atoms with Crippen LogP contribution in [-0.2, 0) is 11.2 Å². The van der Waals surface area contributed by atoms with Crippen LogP contribution in [0.25, 0.3) is 0 Å². The fourth-order valence-electron chi connectivity index (χ4n) is 4.46. The summed E-state index contributed by atoms with van der Waals surface area (Å²) in [6.07, 6.45) is 2.65. The molecule has 1 aromatic heterocycles. The lowest BCUT2D eigenvalue weighted by atomic mass is 10.0. The maximum atomic E-state index is 13.6. The molecule has 5 nitrogen and oxygen atoms in total. The fraction of sp³-hybridized carbons (Fsp3) is 0.333. The van der Waals surface area contributed by atoms with Gasteiger partial charge >= 0.3 is 0 Å². The highest BCUT2D eigenvalue weighted by molar-refractivity contribution is 7.10. The summed E-state index contributed by atoms with van der Waals surface area (Å²) in [6, 6.07) is 17.0. The van der Waals surface area contributed by atoms with Crippen LogP contribution in [0, 0.1) is 6.92 Å². The number of aryl methyl sites for hydroxylation is 1. The van der Waals surface area contributed by atoms with Gasteiger partial charge in [-0.1, -0.05) is 41.4 Å². The number of carbonyl (C=O) groups excluding carboxylic acids is 2. The topological polar surface area (TPSA) is 49.9 Å². The molecule has 1 atom stereocenters. The molecule has 0 radical (unpaired) electrons. The predicted molar refractivity (Wildman–Crippen MR) is 135 cm³/mol. The average molecular weight is 495 g/mol. The molecule has 0 unspecified atom stereocenters. The molecule has 1 fully saturated rings. The summed E-state index contributed by atoms with van der Waals surface area (Å²) in [7, 11) is 0. The van der Waals surface area contributed by atoms with Crippen molar-refractivity contribution in [2.45, 2.75) is 38.3 Å².